The maximum Gasteiger partial charge on any atom is 0.325 e. The van der Waals surface area contributed by atoms with Crippen molar-refractivity contribution in [3.05, 3.63) is 0 Å². The first kappa shape index (κ1) is 27.1. The number of hydrogen-bond donors (Lipinski definition) is 6. The number of amides is 3. The van der Waals surface area contributed by atoms with E-state index in [9.17, 15) is 19.2 Å². The van der Waals surface area contributed by atoms with E-state index in [1.54, 1.807) is 0 Å². The minimum atomic E-state index is -1.17. The van der Waals surface area contributed by atoms with Crippen LogP contribution in [0.5, 0.6) is 0 Å². The molecule has 0 aromatic heterocycles. The molecule has 1 aliphatic heterocycles. The largest absolute Gasteiger partial charge is 0.480 e. The SMILES string of the molecule is CC(C)CC(NC(=O)C1CCCN1C(=O)C(N)CCCN=C(N)N)C(=O)NC(C)C(=O)O. The number of rotatable bonds is 12. The van der Waals surface area contributed by atoms with E-state index in [1.807, 2.05) is 13.8 Å². The third kappa shape index (κ3) is 8.69. The number of carboxylic acids is 1. The van der Waals surface area contributed by atoms with Gasteiger partial charge in [0.15, 0.2) is 5.96 Å². The number of carboxylic acid groups (broad SMARTS) is 1. The number of likely N-dealkylation sites (tertiary alicyclic amines) is 1. The number of nitrogens with zero attached hydrogens (tertiary/aromatic N) is 2. The second kappa shape index (κ2) is 12.8. The van der Waals surface area contributed by atoms with E-state index in [1.165, 1.54) is 11.8 Å². The van der Waals surface area contributed by atoms with E-state index in [0.29, 0.717) is 45.2 Å². The van der Waals surface area contributed by atoms with Gasteiger partial charge in [-0.3, -0.25) is 24.2 Å². The predicted molar refractivity (Wildman–Crippen MR) is 119 cm³/mol. The second-order valence-electron chi connectivity index (χ2n) is 8.50. The van der Waals surface area contributed by atoms with E-state index in [4.69, 9.17) is 22.3 Å². The molecule has 0 spiro atoms. The molecule has 0 saturated carbocycles. The van der Waals surface area contributed by atoms with Crippen LogP contribution in [0.1, 0.15) is 52.9 Å². The van der Waals surface area contributed by atoms with Gasteiger partial charge in [0.05, 0.1) is 6.04 Å². The minimum Gasteiger partial charge on any atom is -0.480 e. The number of nitrogens with one attached hydrogen (secondary N) is 2. The Bertz CT molecular complexity index is 708. The normalized spacial score (nSPS) is 18.5. The molecule has 3 amide bonds. The predicted octanol–water partition coefficient (Wildman–Crippen LogP) is -1.52. The fraction of sp³-hybridized carbons (Fsp3) is 0.750. The maximum atomic E-state index is 12.9. The molecule has 1 aliphatic rings. The summed E-state index contributed by atoms with van der Waals surface area (Å²) in [5.74, 6) is -2.49. The first-order valence-electron chi connectivity index (χ1n) is 10.9. The Labute approximate surface area is 188 Å². The van der Waals surface area contributed by atoms with Crippen LogP contribution in [0.2, 0.25) is 0 Å². The summed E-state index contributed by atoms with van der Waals surface area (Å²) in [6, 6.07) is -3.51. The Morgan fingerprint density at radius 1 is 1.16 bits per heavy atom. The molecule has 9 N–H and O–H groups in total. The summed E-state index contributed by atoms with van der Waals surface area (Å²) in [5.41, 5.74) is 16.6. The van der Waals surface area contributed by atoms with Crippen molar-refractivity contribution in [1.82, 2.24) is 15.5 Å². The lowest BCUT2D eigenvalue weighted by molar-refractivity contribution is -0.142. The lowest BCUT2D eigenvalue weighted by atomic mass is 10.0. The first-order valence-corrected chi connectivity index (χ1v) is 10.9. The second-order valence-corrected chi connectivity index (χ2v) is 8.50. The van der Waals surface area contributed by atoms with Crippen LogP contribution < -0.4 is 27.8 Å². The summed E-state index contributed by atoms with van der Waals surface area (Å²) >= 11 is 0. The van der Waals surface area contributed by atoms with Crippen LogP contribution in [-0.2, 0) is 19.2 Å². The molecule has 32 heavy (non-hydrogen) atoms. The number of aliphatic imine (C=N–C) groups is 1. The molecule has 1 saturated heterocycles. The summed E-state index contributed by atoms with van der Waals surface area (Å²) < 4.78 is 0. The number of carbonyl (C=O) groups excluding carboxylic acids is 3. The van der Waals surface area contributed by atoms with Crippen LogP contribution in [0.15, 0.2) is 4.99 Å². The molecule has 1 heterocycles. The maximum absolute atomic E-state index is 12.9. The number of nitrogens with two attached hydrogens (primary N) is 3. The zero-order valence-electron chi connectivity index (χ0n) is 19.0. The van der Waals surface area contributed by atoms with Gasteiger partial charge < -0.3 is 37.8 Å². The van der Waals surface area contributed by atoms with Crippen molar-refractivity contribution < 1.29 is 24.3 Å². The molecular weight excluding hydrogens is 418 g/mol. The molecule has 12 nitrogen and oxygen atoms in total. The van der Waals surface area contributed by atoms with Gasteiger partial charge in [0.1, 0.15) is 18.1 Å². The van der Waals surface area contributed by atoms with Gasteiger partial charge in [-0.25, -0.2) is 0 Å². The fourth-order valence-electron chi connectivity index (χ4n) is 3.51. The van der Waals surface area contributed by atoms with Gasteiger partial charge in [0.2, 0.25) is 17.7 Å². The fourth-order valence-corrected chi connectivity index (χ4v) is 3.51. The van der Waals surface area contributed by atoms with Gasteiger partial charge in [-0.1, -0.05) is 13.8 Å². The average Bonchev–Trinajstić information content (AvgIpc) is 3.19. The molecule has 1 rings (SSSR count). The number of hydrogen-bond acceptors (Lipinski definition) is 6. The van der Waals surface area contributed by atoms with E-state index in [-0.39, 0.29) is 17.8 Å². The zero-order valence-corrected chi connectivity index (χ0v) is 19.0. The Hall–Kier alpha value is -2.89. The topological polar surface area (TPSA) is 206 Å². The highest BCUT2D eigenvalue weighted by molar-refractivity contribution is 5.94. The van der Waals surface area contributed by atoms with E-state index in [2.05, 4.69) is 15.6 Å². The van der Waals surface area contributed by atoms with Crippen LogP contribution >= 0.6 is 0 Å². The van der Waals surface area contributed by atoms with Crippen LogP contribution in [0.3, 0.4) is 0 Å². The van der Waals surface area contributed by atoms with E-state index >= 15 is 0 Å². The number of aliphatic carboxylic acids is 1. The number of guanidine groups is 1. The Morgan fingerprint density at radius 2 is 1.81 bits per heavy atom. The third-order valence-corrected chi connectivity index (χ3v) is 5.19. The lowest BCUT2D eigenvalue weighted by Crippen LogP contribution is -2.56. The van der Waals surface area contributed by atoms with Crippen molar-refractivity contribution in [2.24, 2.45) is 28.1 Å². The first-order chi connectivity index (χ1) is 14.9. The summed E-state index contributed by atoms with van der Waals surface area (Å²) in [5, 5.41) is 14.1. The van der Waals surface area contributed by atoms with Gasteiger partial charge in [-0.2, -0.15) is 0 Å². The van der Waals surface area contributed by atoms with Crippen molar-refractivity contribution in [3.63, 3.8) is 0 Å². The minimum absolute atomic E-state index is 0.0288. The molecule has 0 radical (unpaired) electrons. The molecule has 0 aliphatic carbocycles. The summed E-state index contributed by atoms with van der Waals surface area (Å²) in [4.78, 5) is 54.6. The van der Waals surface area contributed by atoms with Crippen molar-refractivity contribution in [1.29, 1.82) is 0 Å². The highest BCUT2D eigenvalue weighted by Crippen LogP contribution is 2.20. The van der Waals surface area contributed by atoms with Gasteiger partial charge in [0, 0.05) is 13.1 Å². The highest BCUT2D eigenvalue weighted by Gasteiger charge is 2.37. The quantitative estimate of drug-likeness (QED) is 0.115. The lowest BCUT2D eigenvalue weighted by Gasteiger charge is -2.29. The third-order valence-electron chi connectivity index (χ3n) is 5.19. The Balaban J connectivity index is 2.77. The smallest absolute Gasteiger partial charge is 0.325 e. The highest BCUT2D eigenvalue weighted by atomic mass is 16.4. The van der Waals surface area contributed by atoms with Gasteiger partial charge in [0.25, 0.3) is 0 Å². The molecule has 182 valence electrons. The van der Waals surface area contributed by atoms with Gasteiger partial charge in [-0.15, -0.1) is 0 Å². The number of carbonyl (C=O) groups is 4. The van der Waals surface area contributed by atoms with Crippen molar-refractivity contribution in [2.45, 2.75) is 77.0 Å². The molecule has 0 aromatic rings. The molecule has 0 bridgehead atoms. The van der Waals surface area contributed by atoms with Crippen LogP contribution in [-0.4, -0.2) is 76.9 Å². The van der Waals surface area contributed by atoms with Crippen LogP contribution in [0.25, 0.3) is 0 Å². The monoisotopic (exact) mass is 455 g/mol. The van der Waals surface area contributed by atoms with Crippen molar-refractivity contribution >= 4 is 29.7 Å². The van der Waals surface area contributed by atoms with E-state index in [0.717, 1.165) is 0 Å². The average molecular weight is 456 g/mol. The van der Waals surface area contributed by atoms with Crippen LogP contribution in [0, 0.1) is 5.92 Å². The van der Waals surface area contributed by atoms with Crippen LogP contribution in [0.4, 0.5) is 0 Å². The molecule has 4 atom stereocenters. The summed E-state index contributed by atoms with van der Waals surface area (Å²) in [7, 11) is 0. The Kier molecular flexibility index (Phi) is 10.9. The van der Waals surface area contributed by atoms with Crippen molar-refractivity contribution in [3.8, 4) is 0 Å². The molecular formula is C20H37N7O5. The summed E-state index contributed by atoms with van der Waals surface area (Å²) in [6.45, 7) is 5.88. The molecule has 1 fully saturated rings. The van der Waals surface area contributed by atoms with Crippen molar-refractivity contribution in [2.75, 3.05) is 13.1 Å². The standard InChI is InChI=1S/C20H37N7O5/c1-11(2)10-14(16(28)25-12(3)19(31)32)26-17(29)15-7-5-9-27(15)18(30)13(21)6-4-8-24-20(22)23/h11-15H,4-10,21H2,1-3H3,(H,25,28)(H,26,29)(H,31,32)(H4,22,23,24). The summed E-state index contributed by atoms with van der Waals surface area (Å²) in [6.07, 6.45) is 2.32. The Morgan fingerprint density at radius 3 is 2.38 bits per heavy atom. The van der Waals surface area contributed by atoms with Gasteiger partial charge >= 0.3 is 5.97 Å². The van der Waals surface area contributed by atoms with Gasteiger partial charge in [-0.05, 0) is 44.9 Å². The molecule has 0 aromatic carbocycles. The molecule has 4 unspecified atom stereocenters. The molecule has 12 heteroatoms. The van der Waals surface area contributed by atoms with E-state index < -0.39 is 42.0 Å². The zero-order chi connectivity index (χ0) is 24.4.